The molecule has 1 fully saturated rings. The van der Waals surface area contributed by atoms with E-state index in [2.05, 4.69) is 15.3 Å². The summed E-state index contributed by atoms with van der Waals surface area (Å²) in [7, 11) is 1.62. The molecule has 2 aromatic rings. The van der Waals surface area contributed by atoms with Crippen molar-refractivity contribution in [2.24, 2.45) is 5.92 Å². The first-order valence-electron chi connectivity index (χ1n) is 7.86. The second-order valence-corrected chi connectivity index (χ2v) is 5.74. The van der Waals surface area contributed by atoms with Crippen LogP contribution in [0, 0.1) is 5.92 Å². The Labute approximate surface area is 140 Å². The first-order chi connectivity index (χ1) is 11.7. The number of methoxy groups -OCH3 is 1. The Balaban J connectivity index is 1.75. The van der Waals surface area contributed by atoms with Crippen LogP contribution in [-0.2, 0) is 4.79 Å². The lowest BCUT2D eigenvalue weighted by Crippen LogP contribution is -2.39. The molecule has 3 rings (SSSR count). The number of aromatic nitrogens is 2. The third-order valence-electron chi connectivity index (χ3n) is 4.09. The van der Waals surface area contributed by atoms with Crippen molar-refractivity contribution in [1.29, 1.82) is 0 Å². The number of carboxylic acids is 1. The molecular formula is C17H20N4O3. The number of aliphatic carboxylic acids is 1. The molecule has 126 valence electrons. The molecule has 1 atom stereocenters. The lowest BCUT2D eigenvalue weighted by molar-refractivity contribution is -0.141. The van der Waals surface area contributed by atoms with E-state index in [1.807, 2.05) is 35.2 Å². The molecule has 0 bridgehead atoms. The van der Waals surface area contributed by atoms with Crippen LogP contribution >= 0.6 is 0 Å². The largest absolute Gasteiger partial charge is 0.497 e. The van der Waals surface area contributed by atoms with Crippen molar-refractivity contribution in [3.8, 4) is 5.75 Å². The van der Waals surface area contributed by atoms with E-state index < -0.39 is 5.97 Å². The predicted molar refractivity (Wildman–Crippen MR) is 90.9 cm³/mol. The van der Waals surface area contributed by atoms with Gasteiger partial charge in [-0.1, -0.05) is 6.07 Å². The number of ether oxygens (including phenoxy) is 1. The lowest BCUT2D eigenvalue weighted by Gasteiger charge is -2.31. The molecule has 0 saturated carbocycles. The second kappa shape index (κ2) is 7.16. The summed E-state index contributed by atoms with van der Waals surface area (Å²) < 4.78 is 5.21. The molecule has 0 amide bonds. The van der Waals surface area contributed by atoms with Gasteiger partial charge in [0.2, 0.25) is 0 Å². The van der Waals surface area contributed by atoms with E-state index in [1.165, 1.54) is 6.33 Å². The molecule has 2 heterocycles. The minimum absolute atomic E-state index is 0.344. The van der Waals surface area contributed by atoms with Crippen molar-refractivity contribution in [1.82, 2.24) is 9.97 Å². The number of hydrogen-bond acceptors (Lipinski definition) is 6. The molecule has 24 heavy (non-hydrogen) atoms. The molecule has 7 nitrogen and oxygen atoms in total. The van der Waals surface area contributed by atoms with Gasteiger partial charge in [-0.2, -0.15) is 0 Å². The lowest BCUT2D eigenvalue weighted by atomic mass is 9.98. The zero-order chi connectivity index (χ0) is 16.9. The van der Waals surface area contributed by atoms with E-state index in [0.29, 0.717) is 18.8 Å². The fourth-order valence-electron chi connectivity index (χ4n) is 2.82. The molecule has 2 N–H and O–H groups in total. The van der Waals surface area contributed by atoms with Crippen LogP contribution in [-0.4, -0.2) is 41.2 Å². The van der Waals surface area contributed by atoms with Crippen molar-refractivity contribution in [2.75, 3.05) is 30.4 Å². The third-order valence-corrected chi connectivity index (χ3v) is 4.09. The summed E-state index contributed by atoms with van der Waals surface area (Å²) in [5.41, 5.74) is 0.862. The summed E-state index contributed by atoms with van der Waals surface area (Å²) in [5, 5.41) is 12.4. The maximum Gasteiger partial charge on any atom is 0.308 e. The number of anilines is 3. The highest BCUT2D eigenvalue weighted by Gasteiger charge is 2.26. The first kappa shape index (κ1) is 16.0. The van der Waals surface area contributed by atoms with Gasteiger partial charge in [-0.25, -0.2) is 9.97 Å². The Hall–Kier alpha value is -2.83. The van der Waals surface area contributed by atoms with E-state index >= 15 is 0 Å². The van der Waals surface area contributed by atoms with Gasteiger partial charge in [-0.05, 0) is 25.0 Å². The van der Waals surface area contributed by atoms with Gasteiger partial charge >= 0.3 is 5.97 Å². The topological polar surface area (TPSA) is 87.6 Å². The number of rotatable bonds is 5. The smallest absolute Gasteiger partial charge is 0.308 e. The summed E-state index contributed by atoms with van der Waals surface area (Å²) in [6.45, 7) is 1.28. The Bertz CT molecular complexity index is 722. The Kier molecular flexibility index (Phi) is 4.79. The van der Waals surface area contributed by atoms with E-state index in [1.54, 1.807) is 7.11 Å². The number of nitrogens with zero attached hydrogens (tertiary/aromatic N) is 3. The summed E-state index contributed by atoms with van der Waals surface area (Å²) in [5.74, 6) is 1.06. The molecule has 0 radical (unpaired) electrons. The number of hydrogen-bond donors (Lipinski definition) is 2. The minimum Gasteiger partial charge on any atom is -0.497 e. The maximum atomic E-state index is 11.2. The molecule has 1 aromatic heterocycles. The zero-order valence-corrected chi connectivity index (χ0v) is 13.5. The Morgan fingerprint density at radius 2 is 2.25 bits per heavy atom. The average Bonchev–Trinajstić information content (AvgIpc) is 2.62. The normalized spacial score (nSPS) is 17.4. The molecule has 1 unspecified atom stereocenters. The molecule has 1 aromatic carbocycles. The first-order valence-corrected chi connectivity index (χ1v) is 7.86. The van der Waals surface area contributed by atoms with Gasteiger partial charge < -0.3 is 20.1 Å². The maximum absolute atomic E-state index is 11.2. The number of nitrogens with one attached hydrogen (secondary N) is 1. The summed E-state index contributed by atoms with van der Waals surface area (Å²) in [6.07, 6.45) is 3.05. The molecule has 1 aliphatic heterocycles. The van der Waals surface area contributed by atoms with Crippen molar-refractivity contribution in [3.63, 3.8) is 0 Å². The van der Waals surface area contributed by atoms with Crippen LogP contribution in [0.3, 0.4) is 0 Å². The number of carbonyl (C=O) groups is 1. The predicted octanol–water partition coefficient (Wildman–Crippen LogP) is 2.53. The molecule has 0 spiro atoms. The molecule has 1 saturated heterocycles. The van der Waals surface area contributed by atoms with Crippen LogP contribution in [0.25, 0.3) is 0 Å². The Morgan fingerprint density at radius 1 is 1.38 bits per heavy atom. The highest BCUT2D eigenvalue weighted by atomic mass is 16.5. The minimum atomic E-state index is -0.747. The average molecular weight is 328 g/mol. The zero-order valence-electron chi connectivity index (χ0n) is 13.5. The summed E-state index contributed by atoms with van der Waals surface area (Å²) >= 11 is 0. The second-order valence-electron chi connectivity index (χ2n) is 5.74. The Morgan fingerprint density at radius 3 is 3.04 bits per heavy atom. The molecule has 7 heteroatoms. The number of benzene rings is 1. The number of piperidine rings is 1. The van der Waals surface area contributed by atoms with Gasteiger partial charge in [0.15, 0.2) is 0 Å². The van der Waals surface area contributed by atoms with E-state index in [9.17, 15) is 9.90 Å². The van der Waals surface area contributed by atoms with E-state index in [0.717, 1.165) is 30.2 Å². The third kappa shape index (κ3) is 3.73. The SMILES string of the molecule is COc1cccc(Nc2cc(N3CCCC(C(=O)O)C3)ncn2)c1. The summed E-state index contributed by atoms with van der Waals surface area (Å²) in [6, 6.07) is 9.40. The van der Waals surface area contributed by atoms with Gasteiger partial charge in [0.05, 0.1) is 13.0 Å². The van der Waals surface area contributed by atoms with Crippen LogP contribution in [0.1, 0.15) is 12.8 Å². The van der Waals surface area contributed by atoms with Crippen molar-refractivity contribution < 1.29 is 14.6 Å². The fraction of sp³-hybridized carbons (Fsp3) is 0.353. The molecule has 0 aliphatic carbocycles. The van der Waals surface area contributed by atoms with Crippen molar-refractivity contribution >= 4 is 23.3 Å². The van der Waals surface area contributed by atoms with Crippen LogP contribution in [0.15, 0.2) is 36.7 Å². The van der Waals surface area contributed by atoms with Gasteiger partial charge in [0, 0.05) is 30.9 Å². The number of carboxylic acid groups (broad SMARTS) is 1. The van der Waals surface area contributed by atoms with Crippen LogP contribution < -0.4 is 15.0 Å². The van der Waals surface area contributed by atoms with Gasteiger partial charge in [0.1, 0.15) is 23.7 Å². The van der Waals surface area contributed by atoms with Gasteiger partial charge in [-0.3, -0.25) is 4.79 Å². The van der Waals surface area contributed by atoms with Crippen LogP contribution in [0.5, 0.6) is 5.75 Å². The summed E-state index contributed by atoms with van der Waals surface area (Å²) in [4.78, 5) is 21.7. The van der Waals surface area contributed by atoms with Crippen molar-refractivity contribution in [3.05, 3.63) is 36.7 Å². The van der Waals surface area contributed by atoms with E-state index in [4.69, 9.17) is 4.74 Å². The van der Waals surface area contributed by atoms with Gasteiger partial charge in [0.25, 0.3) is 0 Å². The highest BCUT2D eigenvalue weighted by molar-refractivity contribution is 5.71. The standard InChI is InChI=1S/C17H20N4O3/c1-24-14-6-2-5-13(8-14)20-15-9-16(19-11-18-15)21-7-3-4-12(10-21)17(22)23/h2,5-6,8-9,11-12H,3-4,7,10H2,1H3,(H,22,23)(H,18,19,20). The quantitative estimate of drug-likeness (QED) is 0.872. The molecular weight excluding hydrogens is 308 g/mol. The monoisotopic (exact) mass is 328 g/mol. The van der Waals surface area contributed by atoms with E-state index in [-0.39, 0.29) is 5.92 Å². The van der Waals surface area contributed by atoms with Crippen LogP contribution in [0.4, 0.5) is 17.3 Å². The highest BCUT2D eigenvalue weighted by Crippen LogP contribution is 2.25. The van der Waals surface area contributed by atoms with Gasteiger partial charge in [-0.15, -0.1) is 0 Å². The molecule has 1 aliphatic rings. The van der Waals surface area contributed by atoms with Crippen molar-refractivity contribution in [2.45, 2.75) is 12.8 Å². The van der Waals surface area contributed by atoms with Crippen LogP contribution in [0.2, 0.25) is 0 Å². The fourth-order valence-corrected chi connectivity index (χ4v) is 2.82.